The number of hydrogen-bond donors (Lipinski definition) is 2. The Bertz CT molecular complexity index is 851. The molecule has 7 heteroatoms. The number of aryl methyl sites for hydroxylation is 1. The monoisotopic (exact) mass is 538 g/mol. The molecule has 1 heterocycles. The molecule has 3 rings (SSSR count). The van der Waals surface area contributed by atoms with E-state index < -0.39 is 0 Å². The SMILES string of the molecule is CN=C(NCc1cccc(CN(C)C)c1)NCc1ccc(C)cc1OC1CCOC1.I. The second-order valence-electron chi connectivity index (χ2n) is 8.05. The zero-order valence-corrected chi connectivity index (χ0v) is 21.3. The number of nitrogens with one attached hydrogen (secondary N) is 2. The molecule has 1 unspecified atom stereocenters. The third-order valence-corrected chi connectivity index (χ3v) is 5.02. The second-order valence-corrected chi connectivity index (χ2v) is 8.05. The Hall–Kier alpha value is -1.84. The molecule has 2 aromatic rings. The number of rotatable bonds is 8. The van der Waals surface area contributed by atoms with Crippen LogP contribution in [-0.2, 0) is 24.4 Å². The standard InChI is InChI=1S/C24H34N4O2.HI/c1-18-8-9-21(23(12-18)30-22-10-11-29-17-22)15-27-24(25-2)26-14-19-6-5-7-20(13-19)16-28(3)4;/h5-9,12-13,22H,10-11,14-17H2,1-4H3,(H2,25,26,27);1H. The fourth-order valence-corrected chi connectivity index (χ4v) is 3.49. The summed E-state index contributed by atoms with van der Waals surface area (Å²) in [7, 11) is 5.96. The number of benzene rings is 2. The van der Waals surface area contributed by atoms with Crippen molar-refractivity contribution in [3.05, 3.63) is 64.7 Å². The lowest BCUT2D eigenvalue weighted by Gasteiger charge is -2.18. The van der Waals surface area contributed by atoms with Crippen LogP contribution in [0.5, 0.6) is 5.75 Å². The normalized spacial score (nSPS) is 16.2. The van der Waals surface area contributed by atoms with E-state index in [1.807, 2.05) is 0 Å². The van der Waals surface area contributed by atoms with Crippen molar-refractivity contribution >= 4 is 29.9 Å². The van der Waals surface area contributed by atoms with Crippen molar-refractivity contribution in [3.63, 3.8) is 0 Å². The Morgan fingerprint density at radius 2 is 1.90 bits per heavy atom. The van der Waals surface area contributed by atoms with Gasteiger partial charge in [-0.25, -0.2) is 0 Å². The van der Waals surface area contributed by atoms with E-state index in [2.05, 4.69) is 84.0 Å². The van der Waals surface area contributed by atoms with Gasteiger partial charge >= 0.3 is 0 Å². The molecule has 2 aromatic carbocycles. The Morgan fingerprint density at radius 3 is 2.61 bits per heavy atom. The molecule has 6 nitrogen and oxygen atoms in total. The fourth-order valence-electron chi connectivity index (χ4n) is 3.49. The van der Waals surface area contributed by atoms with E-state index in [0.29, 0.717) is 13.2 Å². The molecule has 1 aliphatic heterocycles. The smallest absolute Gasteiger partial charge is 0.191 e. The third-order valence-electron chi connectivity index (χ3n) is 5.02. The molecule has 1 atom stereocenters. The van der Waals surface area contributed by atoms with Crippen LogP contribution in [0.2, 0.25) is 0 Å². The quantitative estimate of drug-likeness (QED) is 0.305. The van der Waals surface area contributed by atoms with Gasteiger partial charge in [0.05, 0.1) is 13.2 Å². The van der Waals surface area contributed by atoms with Crippen LogP contribution in [-0.4, -0.2) is 51.3 Å². The Morgan fingerprint density at radius 1 is 1.13 bits per heavy atom. The third kappa shape index (κ3) is 8.31. The van der Waals surface area contributed by atoms with Gasteiger partial charge in [-0.05, 0) is 43.8 Å². The fraction of sp³-hybridized carbons (Fsp3) is 0.458. The maximum Gasteiger partial charge on any atom is 0.191 e. The molecule has 0 saturated carbocycles. The molecule has 0 aromatic heterocycles. The molecule has 0 aliphatic carbocycles. The molecule has 0 spiro atoms. The lowest BCUT2D eigenvalue weighted by atomic mass is 10.1. The molecule has 0 bridgehead atoms. The van der Waals surface area contributed by atoms with Crippen LogP contribution in [0.4, 0.5) is 0 Å². The molecule has 1 aliphatic rings. The van der Waals surface area contributed by atoms with Crippen LogP contribution in [0.3, 0.4) is 0 Å². The molecule has 0 amide bonds. The minimum atomic E-state index is 0. The molecule has 1 fully saturated rings. The maximum absolute atomic E-state index is 6.20. The highest BCUT2D eigenvalue weighted by Gasteiger charge is 2.18. The number of aliphatic imine (C=N–C) groups is 1. The molecular formula is C24H35IN4O2. The average molecular weight is 538 g/mol. The van der Waals surface area contributed by atoms with Gasteiger partial charge in [0, 0.05) is 38.7 Å². The van der Waals surface area contributed by atoms with E-state index >= 15 is 0 Å². The van der Waals surface area contributed by atoms with Gasteiger partial charge in [-0.3, -0.25) is 4.99 Å². The number of nitrogens with zero attached hydrogens (tertiary/aromatic N) is 2. The van der Waals surface area contributed by atoms with Crippen LogP contribution >= 0.6 is 24.0 Å². The predicted octanol–water partition coefficient (Wildman–Crippen LogP) is 3.71. The highest BCUT2D eigenvalue weighted by Crippen LogP contribution is 2.23. The van der Waals surface area contributed by atoms with Gasteiger partial charge in [0.1, 0.15) is 11.9 Å². The van der Waals surface area contributed by atoms with Gasteiger partial charge in [-0.1, -0.05) is 36.4 Å². The van der Waals surface area contributed by atoms with Crippen LogP contribution in [0, 0.1) is 6.92 Å². The zero-order chi connectivity index (χ0) is 21.3. The summed E-state index contributed by atoms with van der Waals surface area (Å²) >= 11 is 0. The second kappa shape index (κ2) is 12.9. The zero-order valence-electron chi connectivity index (χ0n) is 19.0. The molecule has 2 N–H and O–H groups in total. The summed E-state index contributed by atoms with van der Waals surface area (Å²) < 4.78 is 11.6. The van der Waals surface area contributed by atoms with Gasteiger partial charge in [0.15, 0.2) is 5.96 Å². The van der Waals surface area contributed by atoms with E-state index in [4.69, 9.17) is 9.47 Å². The summed E-state index contributed by atoms with van der Waals surface area (Å²) in [5.41, 5.74) is 4.84. The van der Waals surface area contributed by atoms with E-state index in [1.54, 1.807) is 7.05 Å². The highest BCUT2D eigenvalue weighted by molar-refractivity contribution is 14.0. The van der Waals surface area contributed by atoms with Crippen molar-refractivity contribution in [2.75, 3.05) is 34.4 Å². The van der Waals surface area contributed by atoms with Crippen LogP contribution in [0.1, 0.15) is 28.7 Å². The predicted molar refractivity (Wildman–Crippen MR) is 137 cm³/mol. The van der Waals surface area contributed by atoms with Crippen LogP contribution < -0.4 is 15.4 Å². The van der Waals surface area contributed by atoms with Crippen molar-refractivity contribution < 1.29 is 9.47 Å². The number of halogens is 1. The summed E-state index contributed by atoms with van der Waals surface area (Å²) in [6, 6.07) is 15.0. The van der Waals surface area contributed by atoms with Crippen molar-refractivity contribution in [1.82, 2.24) is 15.5 Å². The molecule has 31 heavy (non-hydrogen) atoms. The summed E-state index contributed by atoms with van der Waals surface area (Å²) in [5.74, 6) is 1.69. The summed E-state index contributed by atoms with van der Waals surface area (Å²) in [6.45, 7) is 5.82. The summed E-state index contributed by atoms with van der Waals surface area (Å²) in [6.07, 6.45) is 1.08. The Balaban J connectivity index is 0.00000341. The van der Waals surface area contributed by atoms with Crippen molar-refractivity contribution in [2.24, 2.45) is 4.99 Å². The lowest BCUT2D eigenvalue weighted by molar-refractivity contribution is 0.140. The number of hydrogen-bond acceptors (Lipinski definition) is 4. The first kappa shape index (κ1) is 25.4. The Labute approximate surface area is 203 Å². The van der Waals surface area contributed by atoms with Gasteiger partial charge in [-0.15, -0.1) is 24.0 Å². The minimum absolute atomic E-state index is 0. The first-order valence-corrected chi connectivity index (χ1v) is 10.5. The number of guanidine groups is 1. The largest absolute Gasteiger partial charge is 0.488 e. The van der Waals surface area contributed by atoms with Crippen LogP contribution in [0.25, 0.3) is 0 Å². The number of ether oxygens (including phenoxy) is 2. The molecular weight excluding hydrogens is 503 g/mol. The first-order valence-electron chi connectivity index (χ1n) is 10.5. The first-order chi connectivity index (χ1) is 14.5. The van der Waals surface area contributed by atoms with Crippen molar-refractivity contribution in [1.29, 1.82) is 0 Å². The van der Waals surface area contributed by atoms with Crippen molar-refractivity contribution in [2.45, 2.75) is 39.1 Å². The highest BCUT2D eigenvalue weighted by atomic mass is 127. The Kier molecular flexibility index (Phi) is 10.6. The van der Waals surface area contributed by atoms with Gasteiger partial charge < -0.3 is 25.0 Å². The van der Waals surface area contributed by atoms with E-state index in [1.165, 1.54) is 16.7 Å². The van der Waals surface area contributed by atoms with Crippen molar-refractivity contribution in [3.8, 4) is 5.75 Å². The molecule has 170 valence electrons. The topological polar surface area (TPSA) is 58.1 Å². The van der Waals surface area contributed by atoms with Gasteiger partial charge in [0.2, 0.25) is 0 Å². The van der Waals surface area contributed by atoms with E-state index in [-0.39, 0.29) is 30.1 Å². The van der Waals surface area contributed by atoms with Crippen LogP contribution in [0.15, 0.2) is 47.5 Å². The van der Waals surface area contributed by atoms with Gasteiger partial charge in [-0.2, -0.15) is 0 Å². The van der Waals surface area contributed by atoms with E-state index in [0.717, 1.165) is 43.4 Å². The summed E-state index contributed by atoms with van der Waals surface area (Å²) in [4.78, 5) is 6.54. The van der Waals surface area contributed by atoms with Gasteiger partial charge in [0.25, 0.3) is 0 Å². The molecule has 1 saturated heterocycles. The lowest BCUT2D eigenvalue weighted by Crippen LogP contribution is -2.36. The minimum Gasteiger partial charge on any atom is -0.488 e. The average Bonchev–Trinajstić information content (AvgIpc) is 3.22. The van der Waals surface area contributed by atoms with E-state index in [9.17, 15) is 0 Å². The summed E-state index contributed by atoms with van der Waals surface area (Å²) in [5, 5.41) is 6.81. The molecule has 0 radical (unpaired) electrons. The maximum atomic E-state index is 6.20.